The van der Waals surface area contributed by atoms with Crippen molar-refractivity contribution in [2.45, 2.75) is 20.3 Å². The zero-order chi connectivity index (χ0) is 18.4. The van der Waals surface area contributed by atoms with Gasteiger partial charge in [0.1, 0.15) is 0 Å². The number of para-hydroxylation sites is 1. The fourth-order valence-electron chi connectivity index (χ4n) is 2.40. The van der Waals surface area contributed by atoms with Gasteiger partial charge in [0.25, 0.3) is 0 Å². The third-order valence-electron chi connectivity index (χ3n) is 3.81. The van der Waals surface area contributed by atoms with Crippen LogP contribution in [-0.4, -0.2) is 27.1 Å². The summed E-state index contributed by atoms with van der Waals surface area (Å²) in [4.78, 5) is 25.7. The monoisotopic (exact) mass is 337 g/mol. The highest BCUT2D eigenvalue weighted by Gasteiger charge is 2.13. The number of benzene rings is 2. The van der Waals surface area contributed by atoms with E-state index in [1.54, 1.807) is 0 Å². The van der Waals surface area contributed by atoms with Crippen LogP contribution in [0.25, 0.3) is 10.9 Å². The van der Waals surface area contributed by atoms with Gasteiger partial charge in [-0.05, 0) is 43.2 Å². The number of hydrogen-bond acceptors (Lipinski definition) is 3. The molecule has 3 aromatic rings. The Balaban J connectivity index is 0.000000181. The fraction of sp³-hybridized carbons (Fsp3) is 0.150. The van der Waals surface area contributed by atoms with E-state index < -0.39 is 11.9 Å². The summed E-state index contributed by atoms with van der Waals surface area (Å²) >= 11 is 0. The van der Waals surface area contributed by atoms with Gasteiger partial charge in [-0.25, -0.2) is 9.59 Å². The highest BCUT2D eigenvalue weighted by atomic mass is 16.4. The molecule has 5 nitrogen and oxygen atoms in total. The van der Waals surface area contributed by atoms with E-state index in [1.807, 2.05) is 12.1 Å². The van der Waals surface area contributed by atoms with Gasteiger partial charge in [-0.15, -0.1) is 0 Å². The number of carbonyl (C=O) groups is 2. The largest absolute Gasteiger partial charge is 0.478 e. The Bertz CT molecular complexity index is 886. The third kappa shape index (κ3) is 4.41. The SMILES string of the molecule is CCc1ccc2ccccc2n1.Cc1c(C(=O)O)cccc1C(=O)O. The molecule has 0 radical (unpaired) electrons. The van der Waals surface area contributed by atoms with Gasteiger partial charge in [-0.2, -0.15) is 0 Å². The first-order valence-electron chi connectivity index (χ1n) is 7.85. The zero-order valence-corrected chi connectivity index (χ0v) is 14.1. The number of pyridine rings is 1. The summed E-state index contributed by atoms with van der Waals surface area (Å²) in [5, 5.41) is 18.6. The Morgan fingerprint density at radius 2 is 1.48 bits per heavy atom. The quantitative estimate of drug-likeness (QED) is 0.748. The normalized spacial score (nSPS) is 10.0. The van der Waals surface area contributed by atoms with Gasteiger partial charge < -0.3 is 10.2 Å². The molecule has 0 aliphatic rings. The van der Waals surface area contributed by atoms with Crippen LogP contribution in [-0.2, 0) is 6.42 Å². The zero-order valence-electron chi connectivity index (χ0n) is 14.1. The van der Waals surface area contributed by atoms with Crippen LogP contribution >= 0.6 is 0 Å². The van der Waals surface area contributed by atoms with Crippen molar-refractivity contribution in [2.75, 3.05) is 0 Å². The summed E-state index contributed by atoms with van der Waals surface area (Å²) in [5.41, 5.74) is 2.59. The van der Waals surface area contributed by atoms with Crippen molar-refractivity contribution >= 4 is 22.8 Å². The first-order chi connectivity index (χ1) is 11.9. The molecule has 0 fully saturated rings. The molecule has 2 aromatic carbocycles. The van der Waals surface area contributed by atoms with Crippen LogP contribution in [0.1, 0.15) is 38.9 Å². The highest BCUT2D eigenvalue weighted by molar-refractivity contribution is 5.96. The minimum atomic E-state index is -1.11. The molecule has 2 N–H and O–H groups in total. The van der Waals surface area contributed by atoms with Crippen LogP contribution in [0.3, 0.4) is 0 Å². The van der Waals surface area contributed by atoms with Gasteiger partial charge in [0.2, 0.25) is 0 Å². The Morgan fingerprint density at radius 3 is 2.04 bits per heavy atom. The van der Waals surface area contributed by atoms with Crippen LogP contribution < -0.4 is 0 Å². The highest BCUT2D eigenvalue weighted by Crippen LogP contribution is 2.13. The molecular formula is C20H19NO4. The minimum absolute atomic E-state index is 0.0277. The molecule has 0 bridgehead atoms. The number of carboxylic acids is 2. The summed E-state index contributed by atoms with van der Waals surface area (Å²) in [5.74, 6) is -2.22. The molecule has 3 rings (SSSR count). The first-order valence-corrected chi connectivity index (χ1v) is 7.85. The number of carboxylic acid groups (broad SMARTS) is 2. The second-order valence-corrected chi connectivity index (χ2v) is 5.44. The molecule has 0 saturated carbocycles. The lowest BCUT2D eigenvalue weighted by Crippen LogP contribution is -2.06. The Kier molecular flexibility index (Phi) is 5.84. The lowest BCUT2D eigenvalue weighted by Gasteiger charge is -2.03. The van der Waals surface area contributed by atoms with E-state index in [2.05, 4.69) is 36.2 Å². The van der Waals surface area contributed by atoms with Crippen LogP contribution in [0.5, 0.6) is 0 Å². The lowest BCUT2D eigenvalue weighted by atomic mass is 10.0. The molecule has 5 heteroatoms. The molecule has 128 valence electrons. The molecule has 1 aromatic heterocycles. The van der Waals surface area contributed by atoms with Gasteiger partial charge in [0.15, 0.2) is 0 Å². The molecule has 0 unspecified atom stereocenters. The summed E-state index contributed by atoms with van der Waals surface area (Å²) < 4.78 is 0. The van der Waals surface area contributed by atoms with Crippen LogP contribution in [0, 0.1) is 6.92 Å². The predicted molar refractivity (Wildman–Crippen MR) is 96.2 cm³/mol. The Labute approximate surface area is 145 Å². The Hall–Kier alpha value is -3.21. The van der Waals surface area contributed by atoms with Gasteiger partial charge in [0.05, 0.1) is 16.6 Å². The molecule has 0 aliphatic carbocycles. The van der Waals surface area contributed by atoms with Crippen molar-refractivity contribution in [2.24, 2.45) is 0 Å². The van der Waals surface area contributed by atoms with Gasteiger partial charge in [-0.3, -0.25) is 4.98 Å². The van der Waals surface area contributed by atoms with Crippen molar-refractivity contribution in [3.8, 4) is 0 Å². The maximum atomic E-state index is 10.6. The number of rotatable bonds is 3. The second-order valence-electron chi connectivity index (χ2n) is 5.44. The maximum absolute atomic E-state index is 10.6. The van der Waals surface area contributed by atoms with Crippen molar-refractivity contribution in [1.29, 1.82) is 0 Å². The molecular weight excluding hydrogens is 318 g/mol. The number of hydrogen-bond donors (Lipinski definition) is 2. The van der Waals surface area contributed by atoms with Crippen molar-refractivity contribution < 1.29 is 19.8 Å². The van der Waals surface area contributed by atoms with E-state index in [9.17, 15) is 9.59 Å². The van der Waals surface area contributed by atoms with Gasteiger partial charge in [0, 0.05) is 11.1 Å². The molecule has 1 heterocycles. The smallest absolute Gasteiger partial charge is 0.335 e. The number of aromatic carboxylic acids is 2. The molecule has 0 amide bonds. The minimum Gasteiger partial charge on any atom is -0.478 e. The number of aryl methyl sites for hydroxylation is 1. The van der Waals surface area contributed by atoms with Crippen molar-refractivity contribution in [3.63, 3.8) is 0 Å². The summed E-state index contributed by atoms with van der Waals surface area (Å²) in [6.45, 7) is 3.60. The third-order valence-corrected chi connectivity index (χ3v) is 3.81. The molecule has 0 aliphatic heterocycles. The summed E-state index contributed by atoms with van der Waals surface area (Å²) in [6, 6.07) is 16.6. The molecule has 0 spiro atoms. The van der Waals surface area contributed by atoms with E-state index >= 15 is 0 Å². The standard InChI is InChI=1S/C11H11N.C9H8O4/c1-2-10-8-7-9-5-3-4-6-11(9)12-10;1-5-6(8(10)11)3-2-4-7(5)9(12)13/h3-8H,2H2,1H3;2-4H,1H3,(H,10,11)(H,12,13). The van der Waals surface area contributed by atoms with E-state index in [0.29, 0.717) is 0 Å². The van der Waals surface area contributed by atoms with Crippen LogP contribution in [0.4, 0.5) is 0 Å². The fourth-order valence-corrected chi connectivity index (χ4v) is 2.40. The number of fused-ring (bicyclic) bond motifs is 1. The van der Waals surface area contributed by atoms with E-state index in [-0.39, 0.29) is 16.7 Å². The number of nitrogens with zero attached hydrogens (tertiary/aromatic N) is 1. The molecule has 0 atom stereocenters. The van der Waals surface area contributed by atoms with E-state index in [1.165, 1.54) is 30.5 Å². The maximum Gasteiger partial charge on any atom is 0.335 e. The Morgan fingerprint density at radius 1 is 0.880 bits per heavy atom. The topological polar surface area (TPSA) is 87.5 Å². The van der Waals surface area contributed by atoms with Gasteiger partial charge >= 0.3 is 11.9 Å². The summed E-state index contributed by atoms with van der Waals surface area (Å²) in [6.07, 6.45) is 1.00. The van der Waals surface area contributed by atoms with Crippen molar-refractivity contribution in [3.05, 3.63) is 77.0 Å². The van der Waals surface area contributed by atoms with E-state index in [0.717, 1.165) is 17.6 Å². The molecule has 25 heavy (non-hydrogen) atoms. The lowest BCUT2D eigenvalue weighted by molar-refractivity contribution is 0.0696. The average Bonchev–Trinajstić information content (AvgIpc) is 2.61. The van der Waals surface area contributed by atoms with Crippen molar-refractivity contribution in [1.82, 2.24) is 4.98 Å². The second kappa shape index (κ2) is 8.06. The van der Waals surface area contributed by atoms with Gasteiger partial charge in [-0.1, -0.05) is 37.3 Å². The van der Waals surface area contributed by atoms with E-state index in [4.69, 9.17) is 10.2 Å². The number of aromatic nitrogens is 1. The predicted octanol–water partition coefficient (Wildman–Crippen LogP) is 4.19. The molecule has 0 saturated heterocycles. The van der Waals surface area contributed by atoms with Crippen LogP contribution in [0.15, 0.2) is 54.6 Å². The first kappa shape index (κ1) is 18.1. The average molecular weight is 337 g/mol. The van der Waals surface area contributed by atoms with Crippen LogP contribution in [0.2, 0.25) is 0 Å². The summed E-state index contributed by atoms with van der Waals surface area (Å²) in [7, 11) is 0.